The molecule has 3 atom stereocenters. The van der Waals surface area contributed by atoms with Gasteiger partial charge in [-0.1, -0.05) is 11.6 Å². The highest BCUT2D eigenvalue weighted by molar-refractivity contribution is 6.38. The van der Waals surface area contributed by atoms with Crippen LogP contribution in [0.2, 0.25) is 5.02 Å². The number of piperidine rings is 1. The van der Waals surface area contributed by atoms with Crippen LogP contribution in [-0.4, -0.2) is 59.4 Å². The SMILES string of the molecule is Cn1ccc([C@]2(CN)[C@@H]3CN(c4cnc5c(-c6ccc7nn(C)cc7c6Cl)n[nH]c5n4)C[C@@H]32)n1. The lowest BCUT2D eigenvalue weighted by atomic mass is 9.95. The van der Waals surface area contributed by atoms with Crippen molar-refractivity contribution in [3.05, 3.63) is 47.5 Å². The van der Waals surface area contributed by atoms with Crippen LogP contribution in [0.4, 0.5) is 5.82 Å². The number of H-pyrrole nitrogens is 1. The monoisotopic (exact) mass is 474 g/mol. The maximum Gasteiger partial charge on any atom is 0.177 e. The molecule has 34 heavy (non-hydrogen) atoms. The van der Waals surface area contributed by atoms with Crippen molar-refractivity contribution in [2.75, 3.05) is 24.5 Å². The number of anilines is 1. The van der Waals surface area contributed by atoms with Crippen LogP contribution in [0.3, 0.4) is 0 Å². The molecule has 0 spiro atoms. The summed E-state index contributed by atoms with van der Waals surface area (Å²) in [6.45, 7) is 2.40. The van der Waals surface area contributed by atoms with Crippen LogP contribution in [0.15, 0.2) is 36.8 Å². The van der Waals surface area contributed by atoms with Crippen molar-refractivity contribution in [3.8, 4) is 11.3 Å². The molecule has 0 amide bonds. The van der Waals surface area contributed by atoms with E-state index in [1.807, 2.05) is 49.5 Å². The summed E-state index contributed by atoms with van der Waals surface area (Å²) in [6, 6.07) is 5.98. The van der Waals surface area contributed by atoms with E-state index in [-0.39, 0.29) is 5.41 Å². The Morgan fingerprint density at radius 3 is 2.71 bits per heavy atom. The van der Waals surface area contributed by atoms with Crippen LogP contribution in [0.1, 0.15) is 5.69 Å². The van der Waals surface area contributed by atoms with Gasteiger partial charge in [0.25, 0.3) is 0 Å². The molecular weight excluding hydrogens is 452 g/mol. The molecule has 0 bridgehead atoms. The first-order valence-electron chi connectivity index (χ1n) is 11.3. The Kier molecular flexibility index (Phi) is 3.97. The van der Waals surface area contributed by atoms with Gasteiger partial charge in [0, 0.05) is 62.5 Å². The molecule has 7 rings (SSSR count). The van der Waals surface area contributed by atoms with Gasteiger partial charge >= 0.3 is 0 Å². The van der Waals surface area contributed by atoms with Gasteiger partial charge in [-0.3, -0.25) is 14.5 Å². The van der Waals surface area contributed by atoms with Crippen molar-refractivity contribution >= 4 is 39.5 Å². The van der Waals surface area contributed by atoms with Crippen molar-refractivity contribution in [1.29, 1.82) is 0 Å². The number of benzene rings is 1. The minimum absolute atomic E-state index is 0.0157. The first kappa shape index (κ1) is 19.9. The molecule has 0 unspecified atom stereocenters. The number of nitrogens with two attached hydrogens (primary N) is 1. The fraction of sp³-hybridized carbons (Fsp3) is 0.348. The van der Waals surface area contributed by atoms with Gasteiger partial charge < -0.3 is 10.6 Å². The number of hydrogen-bond donors (Lipinski definition) is 2. The highest BCUT2D eigenvalue weighted by atomic mass is 35.5. The first-order valence-corrected chi connectivity index (χ1v) is 11.7. The number of nitrogens with one attached hydrogen (secondary N) is 1. The van der Waals surface area contributed by atoms with Gasteiger partial charge in [-0.25, -0.2) is 9.97 Å². The van der Waals surface area contributed by atoms with Crippen molar-refractivity contribution in [2.45, 2.75) is 5.41 Å². The molecule has 3 N–H and O–H groups in total. The Morgan fingerprint density at radius 1 is 1.15 bits per heavy atom. The van der Waals surface area contributed by atoms with Gasteiger partial charge in [0.05, 0.1) is 22.4 Å². The Hall–Kier alpha value is -3.50. The highest BCUT2D eigenvalue weighted by Crippen LogP contribution is 2.62. The van der Waals surface area contributed by atoms with Crippen molar-refractivity contribution in [2.24, 2.45) is 31.7 Å². The highest BCUT2D eigenvalue weighted by Gasteiger charge is 2.69. The predicted molar refractivity (Wildman–Crippen MR) is 130 cm³/mol. The standard InChI is InChI=1S/C23H23ClN10/c1-32-6-5-17(31-32)23(11-25)14-9-34(10-15(14)23)18-7-26-21-20(28-29-22(21)27-18)12-3-4-16-13(19(12)24)8-33(2)30-16/h3-8,14-15H,9-11,25H2,1-2H3,(H,27,28,29)/t14-,15+,23-. The maximum atomic E-state index is 6.71. The fourth-order valence-electron chi connectivity index (χ4n) is 5.87. The van der Waals surface area contributed by atoms with Gasteiger partial charge in [0.2, 0.25) is 0 Å². The number of halogens is 1. The van der Waals surface area contributed by atoms with Gasteiger partial charge in [-0.05, 0) is 30.0 Å². The zero-order valence-electron chi connectivity index (χ0n) is 18.8. The predicted octanol–water partition coefficient (Wildman–Crippen LogP) is 2.26. The summed E-state index contributed by atoms with van der Waals surface area (Å²) >= 11 is 6.71. The molecule has 0 radical (unpaired) electrons. The lowest BCUT2D eigenvalue weighted by molar-refractivity contribution is 0.529. The molecule has 5 aromatic rings. The topological polar surface area (TPSA) is 119 Å². The normalized spacial score (nSPS) is 23.8. The summed E-state index contributed by atoms with van der Waals surface area (Å²) in [6.07, 6.45) is 5.73. The molecule has 5 heterocycles. The van der Waals surface area contributed by atoms with E-state index < -0.39 is 0 Å². The average molecular weight is 475 g/mol. The quantitative estimate of drug-likeness (QED) is 0.410. The molecule has 1 aliphatic carbocycles. The van der Waals surface area contributed by atoms with Gasteiger partial charge in [-0.2, -0.15) is 15.3 Å². The Morgan fingerprint density at radius 2 is 1.97 bits per heavy atom. The largest absolute Gasteiger partial charge is 0.355 e. The fourth-order valence-corrected chi connectivity index (χ4v) is 6.16. The third-order valence-corrected chi connectivity index (χ3v) is 8.04. The molecule has 1 aromatic carbocycles. The summed E-state index contributed by atoms with van der Waals surface area (Å²) < 4.78 is 3.61. The molecule has 11 heteroatoms. The van der Waals surface area contributed by atoms with E-state index in [0.29, 0.717) is 40.3 Å². The molecule has 10 nitrogen and oxygen atoms in total. The third-order valence-electron chi connectivity index (χ3n) is 7.64. The molecule has 172 valence electrons. The lowest BCUT2D eigenvalue weighted by Crippen LogP contribution is -2.35. The van der Waals surface area contributed by atoms with Crippen LogP contribution in [0.25, 0.3) is 33.3 Å². The van der Waals surface area contributed by atoms with Gasteiger partial charge in [0.1, 0.15) is 17.0 Å². The Balaban J connectivity index is 1.18. The smallest absolute Gasteiger partial charge is 0.177 e. The minimum Gasteiger partial charge on any atom is -0.355 e. The van der Waals surface area contributed by atoms with E-state index in [2.05, 4.69) is 31.4 Å². The lowest BCUT2D eigenvalue weighted by Gasteiger charge is -2.25. The molecule has 2 aliphatic rings. The van der Waals surface area contributed by atoms with E-state index in [9.17, 15) is 0 Å². The maximum absolute atomic E-state index is 6.71. The summed E-state index contributed by atoms with van der Waals surface area (Å²) in [5.74, 6) is 1.80. The van der Waals surface area contributed by atoms with Gasteiger partial charge in [0.15, 0.2) is 5.65 Å². The van der Waals surface area contributed by atoms with Crippen molar-refractivity contribution < 1.29 is 0 Å². The first-order chi connectivity index (χ1) is 16.5. The Bertz CT molecular complexity index is 1570. The van der Waals surface area contributed by atoms with Crippen molar-refractivity contribution in [1.82, 2.24) is 39.7 Å². The van der Waals surface area contributed by atoms with E-state index >= 15 is 0 Å². The summed E-state index contributed by atoms with van der Waals surface area (Å²) in [5, 5.41) is 18.1. The average Bonchev–Trinajstić information content (AvgIpc) is 3.44. The van der Waals surface area contributed by atoms with Crippen LogP contribution in [0, 0.1) is 11.8 Å². The number of fused-ring (bicyclic) bond motifs is 3. The number of nitrogens with zero attached hydrogens (tertiary/aromatic N) is 8. The number of aromatic nitrogens is 8. The van der Waals surface area contributed by atoms with E-state index in [0.717, 1.165) is 41.1 Å². The molecular formula is C23H23ClN10. The van der Waals surface area contributed by atoms with E-state index in [1.165, 1.54) is 0 Å². The van der Waals surface area contributed by atoms with Crippen LogP contribution < -0.4 is 10.6 Å². The molecule has 2 fully saturated rings. The molecule has 1 saturated heterocycles. The molecule has 1 saturated carbocycles. The number of rotatable bonds is 4. The molecule has 4 aromatic heterocycles. The van der Waals surface area contributed by atoms with E-state index in [1.54, 1.807) is 4.68 Å². The second-order valence-electron chi connectivity index (χ2n) is 9.40. The Labute approximate surface area is 199 Å². The summed E-state index contributed by atoms with van der Waals surface area (Å²) in [4.78, 5) is 11.9. The van der Waals surface area contributed by atoms with Gasteiger partial charge in [-0.15, -0.1) is 0 Å². The minimum atomic E-state index is -0.0157. The number of aryl methyl sites for hydroxylation is 2. The zero-order valence-corrected chi connectivity index (χ0v) is 19.5. The van der Waals surface area contributed by atoms with E-state index in [4.69, 9.17) is 27.3 Å². The van der Waals surface area contributed by atoms with Crippen LogP contribution >= 0.6 is 11.6 Å². The second kappa shape index (κ2) is 6.77. The zero-order chi connectivity index (χ0) is 23.2. The number of aromatic amines is 1. The summed E-state index contributed by atoms with van der Waals surface area (Å²) in [5.41, 5.74) is 11.0. The second-order valence-corrected chi connectivity index (χ2v) is 9.78. The number of hydrogen-bond acceptors (Lipinski definition) is 7. The van der Waals surface area contributed by atoms with Crippen LogP contribution in [0.5, 0.6) is 0 Å². The van der Waals surface area contributed by atoms with Crippen molar-refractivity contribution in [3.63, 3.8) is 0 Å². The summed E-state index contributed by atoms with van der Waals surface area (Å²) in [7, 11) is 3.83. The van der Waals surface area contributed by atoms with Crippen LogP contribution in [-0.2, 0) is 19.5 Å². The third kappa shape index (κ3) is 2.57. The molecule has 1 aliphatic heterocycles.